The van der Waals surface area contributed by atoms with Crippen LogP contribution in [0.4, 0.5) is 4.39 Å². The van der Waals surface area contributed by atoms with E-state index in [4.69, 9.17) is 11.6 Å². The monoisotopic (exact) mass is 340 g/mol. The van der Waals surface area contributed by atoms with Crippen LogP contribution in [0.2, 0.25) is 5.02 Å². The van der Waals surface area contributed by atoms with Gasteiger partial charge < -0.3 is 10.4 Å². The Balaban J connectivity index is 1.74. The van der Waals surface area contributed by atoms with E-state index in [9.17, 15) is 9.50 Å². The predicted octanol–water partition coefficient (Wildman–Crippen LogP) is 3.53. The molecule has 1 aromatic rings. The Morgan fingerprint density at radius 3 is 2.74 bits per heavy atom. The highest BCUT2D eigenvalue weighted by Crippen LogP contribution is 2.20. The van der Waals surface area contributed by atoms with Crippen molar-refractivity contribution >= 4 is 11.6 Å². The molecule has 5 heteroatoms. The molecule has 0 spiro atoms. The van der Waals surface area contributed by atoms with Crippen LogP contribution in [0.25, 0.3) is 0 Å². The van der Waals surface area contributed by atoms with Gasteiger partial charge in [-0.1, -0.05) is 29.3 Å². The first-order valence-corrected chi connectivity index (χ1v) is 8.55. The highest BCUT2D eigenvalue weighted by Gasteiger charge is 2.19. The molecule has 1 aliphatic rings. The fourth-order valence-corrected chi connectivity index (χ4v) is 2.86. The standard InChI is InChI=1S/C18H26ClFN2O/c1-13(2)5-8-22-9-6-15(7-10-22)21-12-18(23)14-3-4-16(19)17(20)11-14/h3-5,11,15,18,21,23H,6-10,12H2,1-2H3. The van der Waals surface area contributed by atoms with Gasteiger partial charge in [0.2, 0.25) is 0 Å². The summed E-state index contributed by atoms with van der Waals surface area (Å²) < 4.78 is 13.4. The highest BCUT2D eigenvalue weighted by molar-refractivity contribution is 6.30. The van der Waals surface area contributed by atoms with Gasteiger partial charge in [-0.2, -0.15) is 0 Å². The molecule has 0 radical (unpaired) electrons. The van der Waals surface area contributed by atoms with E-state index >= 15 is 0 Å². The summed E-state index contributed by atoms with van der Waals surface area (Å²) in [7, 11) is 0. The van der Waals surface area contributed by atoms with Crippen LogP contribution in [0.15, 0.2) is 29.8 Å². The third kappa shape index (κ3) is 5.88. The van der Waals surface area contributed by atoms with Crippen molar-refractivity contribution in [1.82, 2.24) is 10.2 Å². The molecule has 23 heavy (non-hydrogen) atoms. The fraction of sp³-hybridized carbons (Fsp3) is 0.556. The van der Waals surface area contributed by atoms with Gasteiger partial charge in [-0.25, -0.2) is 4.39 Å². The Bertz CT molecular complexity index is 538. The SMILES string of the molecule is CC(C)=CCN1CCC(NCC(O)c2ccc(Cl)c(F)c2)CC1. The number of nitrogens with zero attached hydrogens (tertiary/aromatic N) is 1. The van der Waals surface area contributed by atoms with Crippen LogP contribution in [-0.4, -0.2) is 42.2 Å². The molecule has 0 bridgehead atoms. The molecule has 1 saturated heterocycles. The fourth-order valence-electron chi connectivity index (χ4n) is 2.75. The normalized spacial score (nSPS) is 18.0. The lowest BCUT2D eigenvalue weighted by atomic mass is 10.0. The number of rotatable bonds is 6. The number of benzene rings is 1. The molecule has 0 aliphatic carbocycles. The Morgan fingerprint density at radius 1 is 1.43 bits per heavy atom. The lowest BCUT2D eigenvalue weighted by molar-refractivity contribution is 0.154. The molecule has 2 N–H and O–H groups in total. The molecule has 1 aliphatic heterocycles. The summed E-state index contributed by atoms with van der Waals surface area (Å²) in [5.74, 6) is -0.490. The minimum atomic E-state index is -0.717. The number of aliphatic hydroxyl groups is 1. The minimum Gasteiger partial charge on any atom is -0.387 e. The Hall–Kier alpha value is -0.940. The lowest BCUT2D eigenvalue weighted by Gasteiger charge is -2.32. The highest BCUT2D eigenvalue weighted by atomic mass is 35.5. The molecular formula is C18H26ClFN2O. The summed E-state index contributed by atoms with van der Waals surface area (Å²) in [4.78, 5) is 2.44. The van der Waals surface area contributed by atoms with E-state index in [2.05, 4.69) is 30.1 Å². The molecule has 0 saturated carbocycles. The molecule has 2 rings (SSSR count). The third-order valence-electron chi connectivity index (χ3n) is 4.27. The summed E-state index contributed by atoms with van der Waals surface area (Å²) in [5, 5.41) is 13.6. The van der Waals surface area contributed by atoms with Gasteiger partial charge in [0.1, 0.15) is 5.82 Å². The zero-order valence-corrected chi connectivity index (χ0v) is 14.6. The van der Waals surface area contributed by atoms with Gasteiger partial charge >= 0.3 is 0 Å². The van der Waals surface area contributed by atoms with Crippen molar-refractivity contribution in [3.63, 3.8) is 0 Å². The van der Waals surface area contributed by atoms with Crippen LogP contribution in [0.3, 0.4) is 0 Å². The summed E-state index contributed by atoms with van der Waals surface area (Å²) in [5.41, 5.74) is 1.91. The summed E-state index contributed by atoms with van der Waals surface area (Å²) in [6.45, 7) is 7.81. The Morgan fingerprint density at radius 2 is 2.13 bits per heavy atom. The molecule has 1 atom stereocenters. The van der Waals surface area contributed by atoms with Crippen LogP contribution in [0.1, 0.15) is 38.4 Å². The molecule has 1 aromatic carbocycles. The molecule has 1 heterocycles. The van der Waals surface area contributed by atoms with Crippen molar-refractivity contribution < 1.29 is 9.50 Å². The van der Waals surface area contributed by atoms with E-state index in [1.165, 1.54) is 17.7 Å². The van der Waals surface area contributed by atoms with E-state index in [1.807, 2.05) is 0 Å². The smallest absolute Gasteiger partial charge is 0.142 e. The number of halogens is 2. The van der Waals surface area contributed by atoms with Gasteiger partial charge in [-0.15, -0.1) is 0 Å². The van der Waals surface area contributed by atoms with Crippen molar-refractivity contribution in [3.05, 3.63) is 46.3 Å². The molecule has 128 valence electrons. The zero-order valence-electron chi connectivity index (χ0n) is 13.9. The molecular weight excluding hydrogens is 315 g/mol. The second kappa shape index (κ2) is 8.78. The van der Waals surface area contributed by atoms with E-state index in [-0.39, 0.29) is 5.02 Å². The summed E-state index contributed by atoms with van der Waals surface area (Å²) >= 11 is 5.66. The maximum atomic E-state index is 13.4. The van der Waals surface area contributed by atoms with Crippen LogP contribution in [0, 0.1) is 5.82 Å². The molecule has 0 amide bonds. The van der Waals surface area contributed by atoms with Crippen molar-refractivity contribution in [2.45, 2.75) is 38.8 Å². The van der Waals surface area contributed by atoms with Gasteiger partial charge in [0.25, 0.3) is 0 Å². The van der Waals surface area contributed by atoms with Gasteiger partial charge in [0, 0.05) is 19.1 Å². The Kier molecular flexibility index (Phi) is 7.03. The minimum absolute atomic E-state index is 0.0812. The van der Waals surface area contributed by atoms with E-state index in [1.54, 1.807) is 6.07 Å². The number of likely N-dealkylation sites (tertiary alicyclic amines) is 1. The van der Waals surface area contributed by atoms with Crippen LogP contribution >= 0.6 is 11.6 Å². The maximum Gasteiger partial charge on any atom is 0.142 e. The number of hydrogen-bond donors (Lipinski definition) is 2. The third-order valence-corrected chi connectivity index (χ3v) is 4.58. The van der Waals surface area contributed by atoms with Crippen molar-refractivity contribution in [2.75, 3.05) is 26.2 Å². The maximum absolute atomic E-state index is 13.4. The van der Waals surface area contributed by atoms with Crippen molar-refractivity contribution in [2.24, 2.45) is 0 Å². The number of aliphatic hydroxyl groups excluding tert-OH is 1. The molecule has 1 unspecified atom stereocenters. The first kappa shape index (κ1) is 18.4. The summed E-state index contributed by atoms with van der Waals surface area (Å²) in [6.07, 6.45) is 3.67. The molecule has 3 nitrogen and oxygen atoms in total. The van der Waals surface area contributed by atoms with Crippen LogP contribution in [-0.2, 0) is 0 Å². The molecule has 0 aromatic heterocycles. The van der Waals surface area contributed by atoms with Crippen LogP contribution in [0.5, 0.6) is 0 Å². The Labute approximate surface area is 143 Å². The average Bonchev–Trinajstić information content (AvgIpc) is 2.54. The van der Waals surface area contributed by atoms with Crippen molar-refractivity contribution in [1.29, 1.82) is 0 Å². The van der Waals surface area contributed by atoms with Crippen molar-refractivity contribution in [3.8, 4) is 0 Å². The molecule has 1 fully saturated rings. The average molecular weight is 341 g/mol. The topological polar surface area (TPSA) is 35.5 Å². The lowest BCUT2D eigenvalue weighted by Crippen LogP contribution is -2.43. The van der Waals surface area contributed by atoms with Gasteiger partial charge in [0.05, 0.1) is 11.1 Å². The quantitative estimate of drug-likeness (QED) is 0.778. The largest absolute Gasteiger partial charge is 0.387 e. The van der Waals surface area contributed by atoms with Gasteiger partial charge in [-0.05, 0) is 57.5 Å². The number of hydrogen-bond acceptors (Lipinski definition) is 3. The number of allylic oxidation sites excluding steroid dienone is 1. The van der Waals surface area contributed by atoms with E-state index in [0.717, 1.165) is 32.5 Å². The number of nitrogens with one attached hydrogen (secondary N) is 1. The van der Waals surface area contributed by atoms with Crippen LogP contribution < -0.4 is 5.32 Å². The predicted molar refractivity (Wildman–Crippen MR) is 93.3 cm³/mol. The van der Waals surface area contributed by atoms with E-state index < -0.39 is 11.9 Å². The van der Waals surface area contributed by atoms with E-state index in [0.29, 0.717) is 18.2 Å². The first-order valence-electron chi connectivity index (χ1n) is 8.18. The first-order chi connectivity index (χ1) is 11.0. The summed E-state index contributed by atoms with van der Waals surface area (Å²) in [6, 6.07) is 4.86. The second-order valence-electron chi connectivity index (χ2n) is 6.45. The second-order valence-corrected chi connectivity index (χ2v) is 6.86. The zero-order chi connectivity index (χ0) is 16.8. The number of piperidine rings is 1. The van der Waals surface area contributed by atoms with Gasteiger partial charge in [-0.3, -0.25) is 4.90 Å². The van der Waals surface area contributed by atoms with Gasteiger partial charge in [0.15, 0.2) is 0 Å².